The van der Waals surface area contributed by atoms with Crippen LogP contribution in [-0.4, -0.2) is 24.2 Å². The molecule has 0 spiro atoms. The predicted molar refractivity (Wildman–Crippen MR) is 93.8 cm³/mol. The number of nitrogens with one attached hydrogen (secondary N) is 2. The number of carboxylic acid groups (broad SMARTS) is 1. The molecule has 4 nitrogen and oxygen atoms in total. The van der Waals surface area contributed by atoms with E-state index in [1.165, 1.54) is 37.1 Å². The molecule has 2 aliphatic carbocycles. The van der Waals surface area contributed by atoms with Crippen molar-refractivity contribution in [1.29, 1.82) is 0 Å². The second-order valence-electron chi connectivity index (χ2n) is 6.27. The summed E-state index contributed by atoms with van der Waals surface area (Å²) in [5.41, 5.74) is 4.48. The van der Waals surface area contributed by atoms with Gasteiger partial charge in [-0.3, -0.25) is 4.79 Å². The highest BCUT2D eigenvalue weighted by molar-refractivity contribution is 5.62. The molecule has 23 heavy (non-hydrogen) atoms. The third kappa shape index (κ3) is 4.75. The maximum atomic E-state index is 9.00. The summed E-state index contributed by atoms with van der Waals surface area (Å²) < 4.78 is 0. The van der Waals surface area contributed by atoms with Gasteiger partial charge in [0.15, 0.2) is 0 Å². The molecule has 0 radical (unpaired) electrons. The van der Waals surface area contributed by atoms with Gasteiger partial charge in [-0.05, 0) is 49.7 Å². The lowest BCUT2D eigenvalue weighted by atomic mass is 9.74. The summed E-state index contributed by atoms with van der Waals surface area (Å²) in [5, 5.41) is 14.7. The number of rotatable bonds is 4. The second-order valence-corrected chi connectivity index (χ2v) is 6.27. The van der Waals surface area contributed by atoms with Crippen molar-refractivity contribution < 1.29 is 9.90 Å². The molecule has 2 atom stereocenters. The van der Waals surface area contributed by atoms with Crippen LogP contribution in [0.1, 0.15) is 39.0 Å². The Labute approximate surface area is 139 Å². The van der Waals surface area contributed by atoms with Gasteiger partial charge in [0.05, 0.1) is 0 Å². The van der Waals surface area contributed by atoms with Gasteiger partial charge in [-0.15, -0.1) is 6.58 Å². The average molecular weight is 316 g/mol. The van der Waals surface area contributed by atoms with E-state index in [0.717, 1.165) is 32.4 Å². The molecule has 0 aromatic rings. The van der Waals surface area contributed by atoms with Crippen LogP contribution in [0.4, 0.5) is 0 Å². The highest BCUT2D eigenvalue weighted by Gasteiger charge is 2.32. The normalized spacial score (nSPS) is 25.0. The van der Waals surface area contributed by atoms with Crippen LogP contribution in [0, 0.1) is 11.8 Å². The molecule has 3 N–H and O–H groups in total. The van der Waals surface area contributed by atoms with Crippen LogP contribution in [0.15, 0.2) is 47.9 Å². The van der Waals surface area contributed by atoms with Crippen molar-refractivity contribution in [3.05, 3.63) is 47.9 Å². The molecule has 0 bridgehead atoms. The number of carbonyl (C=O) groups is 1. The first kappa shape index (κ1) is 17.4. The van der Waals surface area contributed by atoms with E-state index in [-0.39, 0.29) is 0 Å². The minimum Gasteiger partial charge on any atom is -0.481 e. The van der Waals surface area contributed by atoms with Crippen LogP contribution in [0.5, 0.6) is 0 Å². The zero-order chi connectivity index (χ0) is 16.7. The molecule has 2 unspecified atom stereocenters. The molecule has 1 aliphatic heterocycles. The zero-order valence-electron chi connectivity index (χ0n) is 14.0. The summed E-state index contributed by atoms with van der Waals surface area (Å²) in [7, 11) is 0. The van der Waals surface area contributed by atoms with Crippen LogP contribution in [0.3, 0.4) is 0 Å². The minimum atomic E-state index is -0.833. The van der Waals surface area contributed by atoms with Crippen LogP contribution >= 0.6 is 0 Å². The van der Waals surface area contributed by atoms with Gasteiger partial charge in [-0.2, -0.15) is 0 Å². The highest BCUT2D eigenvalue weighted by atomic mass is 16.4. The Bertz CT molecular complexity index is 527. The Morgan fingerprint density at radius 1 is 1.48 bits per heavy atom. The first-order valence-electron chi connectivity index (χ1n) is 8.54. The Hall–Kier alpha value is -1.97. The fourth-order valence-electron chi connectivity index (χ4n) is 3.60. The van der Waals surface area contributed by atoms with Crippen molar-refractivity contribution in [3.63, 3.8) is 0 Å². The SMILES string of the molecule is C=CCCNC1=CC=CC2=C3NCCCC3CCC12.CC(=O)O. The van der Waals surface area contributed by atoms with Gasteiger partial charge in [0.1, 0.15) is 0 Å². The van der Waals surface area contributed by atoms with Crippen LogP contribution in [0.2, 0.25) is 0 Å². The first-order chi connectivity index (χ1) is 11.1. The molecule has 126 valence electrons. The average Bonchev–Trinajstić information content (AvgIpc) is 2.54. The fourth-order valence-corrected chi connectivity index (χ4v) is 3.60. The summed E-state index contributed by atoms with van der Waals surface area (Å²) in [6.07, 6.45) is 15.1. The molecular weight excluding hydrogens is 288 g/mol. The summed E-state index contributed by atoms with van der Waals surface area (Å²) in [4.78, 5) is 9.00. The molecular formula is C19H28N2O2. The van der Waals surface area contributed by atoms with E-state index in [0.29, 0.717) is 5.92 Å². The largest absolute Gasteiger partial charge is 0.481 e. The number of hydrogen-bond donors (Lipinski definition) is 3. The Morgan fingerprint density at radius 3 is 3.00 bits per heavy atom. The topological polar surface area (TPSA) is 61.4 Å². The number of allylic oxidation sites excluding steroid dienone is 5. The van der Waals surface area contributed by atoms with Crippen molar-refractivity contribution in [3.8, 4) is 0 Å². The molecule has 0 aromatic heterocycles. The van der Waals surface area contributed by atoms with Crippen molar-refractivity contribution in [2.45, 2.75) is 39.0 Å². The highest BCUT2D eigenvalue weighted by Crippen LogP contribution is 2.41. The van der Waals surface area contributed by atoms with Gasteiger partial charge in [0.25, 0.3) is 5.97 Å². The van der Waals surface area contributed by atoms with Crippen molar-refractivity contribution in [2.75, 3.05) is 13.1 Å². The number of aliphatic carboxylic acids is 1. The maximum Gasteiger partial charge on any atom is 0.300 e. The van der Waals surface area contributed by atoms with Gasteiger partial charge in [0, 0.05) is 37.3 Å². The van der Waals surface area contributed by atoms with E-state index < -0.39 is 5.97 Å². The number of carboxylic acids is 1. The lowest BCUT2D eigenvalue weighted by Crippen LogP contribution is -2.36. The Kier molecular flexibility index (Phi) is 6.51. The van der Waals surface area contributed by atoms with Gasteiger partial charge in [-0.1, -0.05) is 18.2 Å². The summed E-state index contributed by atoms with van der Waals surface area (Å²) >= 11 is 0. The molecule has 4 heteroatoms. The first-order valence-corrected chi connectivity index (χ1v) is 8.54. The quantitative estimate of drug-likeness (QED) is 0.550. The van der Waals surface area contributed by atoms with E-state index in [1.807, 2.05) is 6.08 Å². The fraction of sp³-hybridized carbons (Fsp3) is 0.526. The third-order valence-corrected chi connectivity index (χ3v) is 4.55. The number of fused-ring (bicyclic) bond motifs is 2. The van der Waals surface area contributed by atoms with Gasteiger partial charge in [-0.25, -0.2) is 0 Å². The molecule has 0 aromatic carbocycles. The summed E-state index contributed by atoms with van der Waals surface area (Å²) in [6.45, 7) is 7.02. The van der Waals surface area contributed by atoms with Crippen LogP contribution in [0.25, 0.3) is 0 Å². The van der Waals surface area contributed by atoms with E-state index in [9.17, 15) is 0 Å². The molecule has 1 saturated heterocycles. The van der Waals surface area contributed by atoms with Gasteiger partial charge < -0.3 is 15.7 Å². The van der Waals surface area contributed by atoms with E-state index >= 15 is 0 Å². The van der Waals surface area contributed by atoms with Crippen LogP contribution in [-0.2, 0) is 4.79 Å². The van der Waals surface area contributed by atoms with Crippen molar-refractivity contribution in [1.82, 2.24) is 10.6 Å². The maximum absolute atomic E-state index is 9.00. The molecule has 0 saturated carbocycles. The smallest absolute Gasteiger partial charge is 0.300 e. The van der Waals surface area contributed by atoms with Crippen molar-refractivity contribution in [2.24, 2.45) is 11.8 Å². The minimum absolute atomic E-state index is 0.590. The van der Waals surface area contributed by atoms with Gasteiger partial charge >= 0.3 is 0 Å². The number of piperidine rings is 1. The summed E-state index contributed by atoms with van der Waals surface area (Å²) in [6, 6.07) is 0. The van der Waals surface area contributed by atoms with Crippen LogP contribution < -0.4 is 10.6 Å². The molecule has 3 aliphatic rings. The summed E-state index contributed by atoms with van der Waals surface area (Å²) in [5.74, 6) is 0.545. The van der Waals surface area contributed by atoms with Gasteiger partial charge in [0.2, 0.25) is 0 Å². The molecule has 0 amide bonds. The monoisotopic (exact) mass is 316 g/mol. The lowest BCUT2D eigenvalue weighted by molar-refractivity contribution is -0.134. The standard InChI is InChI=1S/C17H24N2.C2H4O2/c1-2-3-11-18-16-8-4-7-15-14(16)10-9-13-6-5-12-19-17(13)15;1-2(3)4/h2,4,7-8,13-14,18-19H,1,3,5-6,9-12H2;1H3,(H,3,4). The van der Waals surface area contributed by atoms with E-state index in [2.05, 4.69) is 35.4 Å². The molecule has 3 rings (SSSR count). The lowest BCUT2D eigenvalue weighted by Gasteiger charge is -2.38. The zero-order valence-corrected chi connectivity index (χ0v) is 14.0. The number of hydrogen-bond acceptors (Lipinski definition) is 3. The van der Waals surface area contributed by atoms with E-state index in [1.54, 1.807) is 5.57 Å². The Balaban J connectivity index is 0.000000433. The molecule has 1 heterocycles. The van der Waals surface area contributed by atoms with Crippen molar-refractivity contribution >= 4 is 5.97 Å². The predicted octanol–water partition coefficient (Wildman–Crippen LogP) is 3.36. The third-order valence-electron chi connectivity index (χ3n) is 4.55. The Morgan fingerprint density at radius 2 is 2.26 bits per heavy atom. The second kappa shape index (κ2) is 8.61. The van der Waals surface area contributed by atoms with E-state index in [4.69, 9.17) is 9.90 Å². The molecule has 1 fully saturated rings.